The summed E-state index contributed by atoms with van der Waals surface area (Å²) in [7, 11) is 0. The Hall–Kier alpha value is -0.690. The predicted octanol–water partition coefficient (Wildman–Crippen LogP) is 1.18. The second-order valence-electron chi connectivity index (χ2n) is 4.65. The predicted molar refractivity (Wildman–Crippen MR) is 67.7 cm³/mol. The highest BCUT2D eigenvalue weighted by Crippen LogP contribution is 2.31. The van der Waals surface area contributed by atoms with E-state index < -0.39 is 0 Å². The summed E-state index contributed by atoms with van der Waals surface area (Å²) < 4.78 is 5.81. The molecule has 2 atom stereocenters. The molecule has 1 saturated heterocycles. The van der Waals surface area contributed by atoms with Gasteiger partial charge in [-0.05, 0) is 19.3 Å². The van der Waals surface area contributed by atoms with Gasteiger partial charge < -0.3 is 4.74 Å². The Morgan fingerprint density at radius 2 is 2.53 bits per heavy atom. The van der Waals surface area contributed by atoms with Crippen LogP contribution in [0.5, 0.6) is 0 Å². The second-order valence-corrected chi connectivity index (χ2v) is 5.77. The van der Waals surface area contributed by atoms with Gasteiger partial charge in [-0.25, -0.2) is 10.8 Å². The molecule has 1 aromatic rings. The van der Waals surface area contributed by atoms with Gasteiger partial charge in [0.2, 0.25) is 0 Å². The van der Waals surface area contributed by atoms with Crippen molar-refractivity contribution in [1.82, 2.24) is 9.88 Å². The van der Waals surface area contributed by atoms with Crippen LogP contribution in [0.1, 0.15) is 24.1 Å². The van der Waals surface area contributed by atoms with E-state index in [1.807, 2.05) is 6.20 Å². The lowest BCUT2D eigenvalue weighted by molar-refractivity contribution is -0.0585. The van der Waals surface area contributed by atoms with E-state index >= 15 is 0 Å². The number of ether oxygens (including phenoxy) is 1. The number of morpholine rings is 1. The summed E-state index contributed by atoms with van der Waals surface area (Å²) in [5, 5.41) is 0.788. The first-order valence-corrected chi connectivity index (χ1v) is 6.95. The molecule has 2 heterocycles. The van der Waals surface area contributed by atoms with Crippen molar-refractivity contribution in [2.24, 2.45) is 5.84 Å². The second kappa shape index (κ2) is 4.89. The first kappa shape index (κ1) is 11.4. The molecule has 1 aromatic heterocycles. The molecule has 0 radical (unpaired) electrons. The molecule has 3 rings (SSSR count). The molecule has 0 bridgehead atoms. The number of thiazole rings is 1. The SMILES string of the molecule is NNc1ncc(CN2CCOC3CCCC32)s1. The van der Waals surface area contributed by atoms with E-state index in [1.165, 1.54) is 24.1 Å². The number of nitrogens with zero attached hydrogens (tertiary/aromatic N) is 2. The smallest absolute Gasteiger partial charge is 0.197 e. The number of aromatic nitrogens is 1. The minimum Gasteiger partial charge on any atom is -0.375 e. The highest BCUT2D eigenvalue weighted by atomic mass is 32.1. The standard InChI is InChI=1S/C11H18N4OS/c12-14-11-13-6-8(17-11)7-15-4-5-16-10-3-1-2-9(10)15/h6,9-10H,1-5,7,12H2,(H,13,14). The van der Waals surface area contributed by atoms with Gasteiger partial charge in [0.25, 0.3) is 0 Å². The Balaban J connectivity index is 1.67. The van der Waals surface area contributed by atoms with E-state index in [0.717, 1.165) is 24.8 Å². The van der Waals surface area contributed by atoms with E-state index in [-0.39, 0.29) is 0 Å². The molecule has 6 heteroatoms. The van der Waals surface area contributed by atoms with Crippen LogP contribution >= 0.6 is 11.3 Å². The molecule has 17 heavy (non-hydrogen) atoms. The molecule has 1 aliphatic carbocycles. The molecule has 5 nitrogen and oxygen atoms in total. The zero-order valence-corrected chi connectivity index (χ0v) is 10.6. The third-order valence-electron chi connectivity index (χ3n) is 3.63. The fourth-order valence-corrected chi connectivity index (χ4v) is 3.60. The fraction of sp³-hybridized carbons (Fsp3) is 0.727. The summed E-state index contributed by atoms with van der Waals surface area (Å²) in [5.74, 6) is 5.35. The third kappa shape index (κ3) is 2.30. The van der Waals surface area contributed by atoms with Crippen LogP contribution < -0.4 is 11.3 Å². The van der Waals surface area contributed by atoms with Crippen molar-refractivity contribution in [1.29, 1.82) is 0 Å². The summed E-state index contributed by atoms with van der Waals surface area (Å²) in [5.41, 5.74) is 2.60. The number of nitrogen functional groups attached to an aromatic ring is 1. The van der Waals surface area contributed by atoms with Gasteiger partial charge in [0.15, 0.2) is 5.13 Å². The van der Waals surface area contributed by atoms with Crippen molar-refractivity contribution >= 4 is 16.5 Å². The number of anilines is 1. The van der Waals surface area contributed by atoms with E-state index in [1.54, 1.807) is 11.3 Å². The Morgan fingerprint density at radius 1 is 1.59 bits per heavy atom. The monoisotopic (exact) mass is 254 g/mol. The summed E-state index contributed by atoms with van der Waals surface area (Å²) in [6.45, 7) is 2.87. The van der Waals surface area contributed by atoms with Crippen LogP contribution in [0, 0.1) is 0 Å². The van der Waals surface area contributed by atoms with Crippen LogP contribution in [0.15, 0.2) is 6.20 Å². The van der Waals surface area contributed by atoms with Crippen molar-refractivity contribution in [2.75, 3.05) is 18.6 Å². The molecular formula is C11H18N4OS. The Morgan fingerprint density at radius 3 is 3.35 bits per heavy atom. The third-order valence-corrected chi connectivity index (χ3v) is 4.55. The van der Waals surface area contributed by atoms with Crippen LogP contribution in [0.3, 0.4) is 0 Å². The Labute approximate surface area is 105 Å². The average molecular weight is 254 g/mol. The molecule has 0 aromatic carbocycles. The lowest BCUT2D eigenvalue weighted by atomic mass is 10.1. The van der Waals surface area contributed by atoms with E-state index in [2.05, 4.69) is 15.3 Å². The molecule has 1 saturated carbocycles. The fourth-order valence-electron chi connectivity index (χ4n) is 2.85. The highest BCUT2D eigenvalue weighted by Gasteiger charge is 2.35. The zero-order valence-electron chi connectivity index (χ0n) is 9.76. The number of rotatable bonds is 3. The van der Waals surface area contributed by atoms with Crippen LogP contribution in [0.4, 0.5) is 5.13 Å². The van der Waals surface area contributed by atoms with Crippen molar-refractivity contribution in [3.63, 3.8) is 0 Å². The van der Waals surface area contributed by atoms with Gasteiger partial charge in [-0.15, -0.1) is 0 Å². The maximum Gasteiger partial charge on any atom is 0.197 e. The van der Waals surface area contributed by atoms with Gasteiger partial charge in [-0.1, -0.05) is 11.3 Å². The van der Waals surface area contributed by atoms with Crippen molar-refractivity contribution in [3.05, 3.63) is 11.1 Å². The average Bonchev–Trinajstić information content (AvgIpc) is 2.97. The maximum absolute atomic E-state index is 5.81. The van der Waals surface area contributed by atoms with Crippen molar-refractivity contribution in [3.8, 4) is 0 Å². The summed E-state index contributed by atoms with van der Waals surface area (Å²) in [6, 6.07) is 0.611. The first-order valence-electron chi connectivity index (χ1n) is 6.14. The maximum atomic E-state index is 5.81. The molecular weight excluding hydrogens is 236 g/mol. The molecule has 2 fully saturated rings. The van der Waals surface area contributed by atoms with Gasteiger partial charge in [0.05, 0.1) is 12.7 Å². The normalized spacial score (nSPS) is 29.2. The number of hydrazine groups is 1. The van der Waals surface area contributed by atoms with Gasteiger partial charge in [0, 0.05) is 30.2 Å². The minimum atomic E-state index is 0.462. The molecule has 94 valence electrons. The van der Waals surface area contributed by atoms with E-state index in [4.69, 9.17) is 10.6 Å². The quantitative estimate of drug-likeness (QED) is 0.626. The van der Waals surface area contributed by atoms with Crippen molar-refractivity contribution < 1.29 is 4.74 Å². The molecule has 2 aliphatic rings. The number of hydrogen-bond acceptors (Lipinski definition) is 6. The number of nitrogens with two attached hydrogens (primary N) is 1. The van der Waals surface area contributed by atoms with E-state index in [0.29, 0.717) is 12.1 Å². The molecule has 0 spiro atoms. The number of hydrogen-bond donors (Lipinski definition) is 2. The van der Waals surface area contributed by atoms with Crippen LogP contribution in [-0.4, -0.2) is 35.2 Å². The van der Waals surface area contributed by atoms with Gasteiger partial charge in [0.1, 0.15) is 0 Å². The van der Waals surface area contributed by atoms with Crippen LogP contribution in [-0.2, 0) is 11.3 Å². The molecule has 2 unspecified atom stereocenters. The van der Waals surface area contributed by atoms with Crippen LogP contribution in [0.25, 0.3) is 0 Å². The molecule has 3 N–H and O–H groups in total. The largest absolute Gasteiger partial charge is 0.375 e. The summed E-state index contributed by atoms with van der Waals surface area (Å²) in [4.78, 5) is 8.02. The molecule has 1 aliphatic heterocycles. The van der Waals surface area contributed by atoms with Crippen molar-refractivity contribution in [2.45, 2.75) is 38.0 Å². The Bertz CT molecular complexity index is 383. The van der Waals surface area contributed by atoms with Gasteiger partial charge >= 0.3 is 0 Å². The van der Waals surface area contributed by atoms with E-state index in [9.17, 15) is 0 Å². The number of fused-ring (bicyclic) bond motifs is 1. The van der Waals surface area contributed by atoms with Gasteiger partial charge in [-0.2, -0.15) is 0 Å². The van der Waals surface area contributed by atoms with Gasteiger partial charge in [-0.3, -0.25) is 10.3 Å². The first-order chi connectivity index (χ1) is 8.36. The lowest BCUT2D eigenvalue weighted by Gasteiger charge is -2.37. The number of nitrogens with one attached hydrogen (secondary N) is 1. The highest BCUT2D eigenvalue weighted by molar-refractivity contribution is 7.15. The molecule has 0 amide bonds. The minimum absolute atomic E-state index is 0.462. The zero-order chi connectivity index (χ0) is 11.7. The van der Waals surface area contributed by atoms with Crippen LogP contribution in [0.2, 0.25) is 0 Å². The lowest BCUT2D eigenvalue weighted by Crippen LogP contribution is -2.47. The summed E-state index contributed by atoms with van der Waals surface area (Å²) in [6.07, 6.45) is 6.16. The summed E-state index contributed by atoms with van der Waals surface area (Å²) >= 11 is 1.63. The Kier molecular flexibility index (Phi) is 3.28. The topological polar surface area (TPSA) is 63.4 Å².